The predicted molar refractivity (Wildman–Crippen MR) is 86.7 cm³/mol. The van der Waals surface area contributed by atoms with Crippen LogP contribution in [-0.2, 0) is 10.0 Å². The van der Waals surface area contributed by atoms with Gasteiger partial charge in [0.1, 0.15) is 0 Å². The Bertz CT molecular complexity index is 729. The quantitative estimate of drug-likeness (QED) is 0.870. The second-order valence-corrected chi connectivity index (χ2v) is 8.14. The molecule has 1 atom stereocenters. The summed E-state index contributed by atoms with van der Waals surface area (Å²) in [5.41, 5.74) is 2.00. The first-order chi connectivity index (χ1) is 10.1. The SMILES string of the molecule is Cc1cccc(S(=O)(=O)N2CCSC2c2ccccc2)c1. The lowest BCUT2D eigenvalue weighted by Gasteiger charge is -2.23. The van der Waals surface area contributed by atoms with Gasteiger partial charge in [-0.3, -0.25) is 0 Å². The molecule has 0 spiro atoms. The Balaban J connectivity index is 1.98. The Morgan fingerprint density at radius 1 is 1.10 bits per heavy atom. The van der Waals surface area contributed by atoms with Crippen molar-refractivity contribution in [1.29, 1.82) is 0 Å². The number of hydrogen-bond acceptors (Lipinski definition) is 3. The van der Waals surface area contributed by atoms with Gasteiger partial charge in [0.2, 0.25) is 10.0 Å². The standard InChI is InChI=1S/C16H17NO2S2/c1-13-6-5-9-15(12-13)21(18,19)17-10-11-20-16(17)14-7-3-2-4-8-14/h2-9,12,16H,10-11H2,1H3. The largest absolute Gasteiger partial charge is 0.244 e. The molecule has 2 aromatic rings. The molecule has 0 N–H and O–H groups in total. The highest BCUT2D eigenvalue weighted by molar-refractivity contribution is 8.01. The minimum atomic E-state index is -3.45. The fourth-order valence-corrected chi connectivity index (χ4v) is 5.84. The Morgan fingerprint density at radius 3 is 2.57 bits per heavy atom. The van der Waals surface area contributed by atoms with Crippen LogP contribution in [0.2, 0.25) is 0 Å². The fraction of sp³-hybridized carbons (Fsp3) is 0.250. The zero-order valence-electron chi connectivity index (χ0n) is 11.8. The highest BCUT2D eigenvalue weighted by atomic mass is 32.2. The van der Waals surface area contributed by atoms with Crippen LogP contribution in [0.4, 0.5) is 0 Å². The third-order valence-electron chi connectivity index (χ3n) is 3.53. The van der Waals surface area contributed by atoms with Crippen LogP contribution in [0.3, 0.4) is 0 Å². The van der Waals surface area contributed by atoms with Crippen molar-refractivity contribution in [3.63, 3.8) is 0 Å². The molecule has 0 bridgehead atoms. The van der Waals surface area contributed by atoms with Crippen molar-refractivity contribution in [3.8, 4) is 0 Å². The molecule has 1 saturated heterocycles. The van der Waals surface area contributed by atoms with Gasteiger partial charge in [0.25, 0.3) is 0 Å². The topological polar surface area (TPSA) is 37.4 Å². The van der Waals surface area contributed by atoms with Gasteiger partial charge >= 0.3 is 0 Å². The first kappa shape index (κ1) is 14.6. The van der Waals surface area contributed by atoms with Crippen molar-refractivity contribution < 1.29 is 8.42 Å². The molecule has 3 rings (SSSR count). The van der Waals surface area contributed by atoms with E-state index in [4.69, 9.17) is 0 Å². The van der Waals surface area contributed by atoms with E-state index in [0.717, 1.165) is 16.9 Å². The zero-order valence-corrected chi connectivity index (χ0v) is 13.4. The Labute approximate surface area is 130 Å². The first-order valence-corrected chi connectivity index (χ1v) is 9.33. The van der Waals surface area contributed by atoms with Crippen molar-refractivity contribution >= 4 is 21.8 Å². The third kappa shape index (κ3) is 2.86. The molecular weight excluding hydrogens is 302 g/mol. The predicted octanol–water partition coefficient (Wildman–Crippen LogP) is 3.43. The molecule has 1 aliphatic rings. The smallest absolute Gasteiger partial charge is 0.207 e. The Hall–Kier alpha value is -1.30. The highest BCUT2D eigenvalue weighted by Crippen LogP contribution is 2.41. The first-order valence-electron chi connectivity index (χ1n) is 6.84. The molecule has 1 unspecified atom stereocenters. The van der Waals surface area contributed by atoms with Crippen LogP contribution in [0.15, 0.2) is 59.5 Å². The molecule has 0 aromatic heterocycles. The lowest BCUT2D eigenvalue weighted by Crippen LogP contribution is -2.30. The van der Waals surface area contributed by atoms with Crippen molar-refractivity contribution in [2.75, 3.05) is 12.3 Å². The number of sulfonamides is 1. The Morgan fingerprint density at radius 2 is 1.86 bits per heavy atom. The van der Waals surface area contributed by atoms with Crippen LogP contribution in [0.25, 0.3) is 0 Å². The van der Waals surface area contributed by atoms with E-state index in [1.54, 1.807) is 34.3 Å². The molecule has 0 saturated carbocycles. The fourth-order valence-electron chi connectivity index (χ4n) is 2.49. The van der Waals surface area contributed by atoms with Crippen molar-refractivity contribution in [1.82, 2.24) is 4.31 Å². The lowest BCUT2D eigenvalue weighted by atomic mass is 10.2. The van der Waals surface area contributed by atoms with E-state index in [0.29, 0.717) is 11.4 Å². The second kappa shape index (κ2) is 5.83. The highest BCUT2D eigenvalue weighted by Gasteiger charge is 2.36. The van der Waals surface area contributed by atoms with E-state index in [1.807, 2.05) is 43.3 Å². The summed E-state index contributed by atoms with van der Waals surface area (Å²) < 4.78 is 27.4. The summed E-state index contributed by atoms with van der Waals surface area (Å²) in [6.07, 6.45) is 0. The van der Waals surface area contributed by atoms with Gasteiger partial charge in [0.05, 0.1) is 10.3 Å². The summed E-state index contributed by atoms with van der Waals surface area (Å²) in [7, 11) is -3.45. The maximum atomic E-state index is 12.9. The van der Waals surface area contributed by atoms with Gasteiger partial charge in [0, 0.05) is 12.3 Å². The molecule has 110 valence electrons. The number of rotatable bonds is 3. The zero-order chi connectivity index (χ0) is 14.9. The molecule has 0 aliphatic carbocycles. The van der Waals surface area contributed by atoms with E-state index >= 15 is 0 Å². The van der Waals surface area contributed by atoms with Crippen molar-refractivity contribution in [2.24, 2.45) is 0 Å². The van der Waals surface area contributed by atoms with Crippen LogP contribution < -0.4 is 0 Å². The van der Waals surface area contributed by atoms with Crippen molar-refractivity contribution in [3.05, 3.63) is 65.7 Å². The summed E-state index contributed by atoms with van der Waals surface area (Å²) in [5.74, 6) is 0.824. The van der Waals surface area contributed by atoms with E-state index in [2.05, 4.69) is 0 Å². The molecule has 3 nitrogen and oxygen atoms in total. The van der Waals surface area contributed by atoms with Gasteiger partial charge in [0.15, 0.2) is 0 Å². The molecule has 0 radical (unpaired) electrons. The van der Waals surface area contributed by atoms with Gasteiger partial charge in [-0.15, -0.1) is 11.8 Å². The van der Waals surface area contributed by atoms with Crippen LogP contribution in [0.1, 0.15) is 16.5 Å². The normalized spacial score (nSPS) is 19.8. The Kier molecular flexibility index (Phi) is 4.06. The molecule has 21 heavy (non-hydrogen) atoms. The number of aryl methyl sites for hydroxylation is 1. The van der Waals surface area contributed by atoms with Crippen LogP contribution >= 0.6 is 11.8 Å². The van der Waals surface area contributed by atoms with E-state index in [9.17, 15) is 8.42 Å². The van der Waals surface area contributed by atoms with Crippen molar-refractivity contribution in [2.45, 2.75) is 17.2 Å². The van der Waals surface area contributed by atoms with Gasteiger partial charge < -0.3 is 0 Å². The summed E-state index contributed by atoms with van der Waals surface area (Å²) in [5, 5.41) is -0.128. The summed E-state index contributed by atoms with van der Waals surface area (Å²) in [6, 6.07) is 16.9. The molecule has 1 aliphatic heterocycles. The molecule has 5 heteroatoms. The number of thioether (sulfide) groups is 1. The van der Waals surface area contributed by atoms with Gasteiger partial charge in [-0.25, -0.2) is 8.42 Å². The summed E-state index contributed by atoms with van der Waals surface area (Å²) in [6.45, 7) is 2.47. The van der Waals surface area contributed by atoms with Gasteiger partial charge in [-0.2, -0.15) is 4.31 Å². The van der Waals surface area contributed by atoms with E-state index in [-0.39, 0.29) is 5.37 Å². The molecule has 1 fully saturated rings. The van der Waals surface area contributed by atoms with E-state index < -0.39 is 10.0 Å². The van der Waals surface area contributed by atoms with Gasteiger partial charge in [-0.1, -0.05) is 42.5 Å². The summed E-state index contributed by atoms with van der Waals surface area (Å²) in [4.78, 5) is 0.380. The van der Waals surface area contributed by atoms with Crippen LogP contribution in [0, 0.1) is 6.92 Å². The maximum absolute atomic E-state index is 12.9. The average Bonchev–Trinajstić information content (AvgIpc) is 2.98. The van der Waals surface area contributed by atoms with Gasteiger partial charge in [-0.05, 0) is 30.2 Å². The van der Waals surface area contributed by atoms with Crippen LogP contribution in [0.5, 0.6) is 0 Å². The number of benzene rings is 2. The molecule has 0 amide bonds. The number of nitrogens with zero attached hydrogens (tertiary/aromatic N) is 1. The summed E-state index contributed by atoms with van der Waals surface area (Å²) >= 11 is 1.68. The minimum absolute atomic E-state index is 0.128. The minimum Gasteiger partial charge on any atom is -0.207 e. The average molecular weight is 319 g/mol. The third-order valence-corrected chi connectivity index (χ3v) is 6.78. The molecule has 2 aromatic carbocycles. The lowest BCUT2D eigenvalue weighted by molar-refractivity contribution is 0.434. The number of hydrogen-bond donors (Lipinski definition) is 0. The maximum Gasteiger partial charge on any atom is 0.244 e. The molecule has 1 heterocycles. The monoisotopic (exact) mass is 319 g/mol. The van der Waals surface area contributed by atoms with E-state index in [1.165, 1.54) is 0 Å². The molecular formula is C16H17NO2S2. The second-order valence-electron chi connectivity index (χ2n) is 5.07. The van der Waals surface area contributed by atoms with Crippen LogP contribution in [-0.4, -0.2) is 25.0 Å².